The molecule has 3 nitrogen and oxygen atoms in total. The summed E-state index contributed by atoms with van der Waals surface area (Å²) in [6.07, 6.45) is 2.04. The molecule has 0 fully saturated rings. The molecule has 4 heteroatoms. The third-order valence-electron chi connectivity index (χ3n) is 2.62. The van der Waals surface area contributed by atoms with Crippen LogP contribution in [0.3, 0.4) is 0 Å². The lowest BCUT2D eigenvalue weighted by atomic mass is 9.84. The van der Waals surface area contributed by atoms with Gasteiger partial charge in [0.25, 0.3) is 0 Å². The van der Waals surface area contributed by atoms with Crippen LogP contribution in [0.2, 0.25) is 0 Å². The van der Waals surface area contributed by atoms with E-state index in [1.54, 1.807) is 18.8 Å². The van der Waals surface area contributed by atoms with E-state index >= 15 is 0 Å². The molecule has 0 unspecified atom stereocenters. The standard InChI is InChI=1S/C12H18N2OS/c1-12(2,11(15)14-13-3)9-5-7-10(16-4)8-6-9/h5-8,13H,1-4H3,(H,14,15). The van der Waals surface area contributed by atoms with Crippen molar-refractivity contribution < 1.29 is 4.79 Å². The van der Waals surface area contributed by atoms with Crippen molar-refractivity contribution >= 4 is 17.7 Å². The van der Waals surface area contributed by atoms with Crippen LogP contribution in [0.4, 0.5) is 0 Å². The van der Waals surface area contributed by atoms with Gasteiger partial charge in [-0.3, -0.25) is 10.2 Å². The Morgan fingerprint density at radius 3 is 2.25 bits per heavy atom. The van der Waals surface area contributed by atoms with Crippen molar-refractivity contribution in [3.05, 3.63) is 29.8 Å². The molecule has 0 aliphatic carbocycles. The number of benzene rings is 1. The fourth-order valence-corrected chi connectivity index (χ4v) is 1.82. The van der Waals surface area contributed by atoms with E-state index in [1.165, 1.54) is 4.90 Å². The Morgan fingerprint density at radius 2 is 1.81 bits per heavy atom. The predicted molar refractivity (Wildman–Crippen MR) is 68.5 cm³/mol. The Hall–Kier alpha value is -1.00. The maximum atomic E-state index is 11.8. The van der Waals surface area contributed by atoms with E-state index in [1.807, 2.05) is 44.4 Å². The second-order valence-electron chi connectivity index (χ2n) is 4.06. The summed E-state index contributed by atoms with van der Waals surface area (Å²) in [6.45, 7) is 3.82. The summed E-state index contributed by atoms with van der Waals surface area (Å²) in [4.78, 5) is 13.0. The number of hydrazine groups is 1. The van der Waals surface area contributed by atoms with Gasteiger partial charge < -0.3 is 0 Å². The minimum atomic E-state index is -0.528. The average Bonchev–Trinajstić information content (AvgIpc) is 2.29. The number of amides is 1. The number of carbonyl (C=O) groups is 1. The molecule has 1 amide bonds. The smallest absolute Gasteiger partial charge is 0.244 e. The lowest BCUT2D eigenvalue weighted by Crippen LogP contribution is -2.45. The second-order valence-corrected chi connectivity index (χ2v) is 4.94. The maximum absolute atomic E-state index is 11.8. The Balaban J connectivity index is 2.93. The lowest BCUT2D eigenvalue weighted by Gasteiger charge is -2.23. The summed E-state index contributed by atoms with van der Waals surface area (Å²) < 4.78 is 0. The Kier molecular flexibility index (Phi) is 4.38. The summed E-state index contributed by atoms with van der Waals surface area (Å²) in [7, 11) is 1.69. The molecular formula is C12H18N2OS. The van der Waals surface area contributed by atoms with Crippen LogP contribution in [0.1, 0.15) is 19.4 Å². The van der Waals surface area contributed by atoms with E-state index in [0.717, 1.165) is 5.56 Å². The van der Waals surface area contributed by atoms with E-state index in [-0.39, 0.29) is 5.91 Å². The van der Waals surface area contributed by atoms with Crippen molar-refractivity contribution in [2.45, 2.75) is 24.2 Å². The summed E-state index contributed by atoms with van der Waals surface area (Å²) in [6, 6.07) is 8.07. The van der Waals surface area contributed by atoms with Gasteiger partial charge in [0, 0.05) is 11.9 Å². The third-order valence-corrected chi connectivity index (χ3v) is 3.36. The molecule has 2 N–H and O–H groups in total. The zero-order valence-corrected chi connectivity index (χ0v) is 10.9. The highest BCUT2D eigenvalue weighted by Gasteiger charge is 2.29. The SMILES string of the molecule is CNNC(=O)C(C)(C)c1ccc(SC)cc1. The predicted octanol–water partition coefficient (Wildman–Crippen LogP) is 1.94. The minimum Gasteiger partial charge on any atom is -0.291 e. The van der Waals surface area contributed by atoms with Gasteiger partial charge in [-0.15, -0.1) is 11.8 Å². The molecule has 0 heterocycles. The molecular weight excluding hydrogens is 220 g/mol. The lowest BCUT2D eigenvalue weighted by molar-refractivity contribution is -0.126. The van der Waals surface area contributed by atoms with Gasteiger partial charge in [0.1, 0.15) is 0 Å². The van der Waals surface area contributed by atoms with E-state index in [9.17, 15) is 4.79 Å². The first kappa shape index (κ1) is 13.1. The average molecular weight is 238 g/mol. The van der Waals surface area contributed by atoms with Crippen molar-refractivity contribution in [2.75, 3.05) is 13.3 Å². The van der Waals surface area contributed by atoms with Crippen molar-refractivity contribution in [3.8, 4) is 0 Å². The molecule has 0 saturated carbocycles. The summed E-state index contributed by atoms with van der Waals surface area (Å²) >= 11 is 1.69. The van der Waals surface area contributed by atoms with Crippen molar-refractivity contribution in [1.29, 1.82) is 0 Å². The molecule has 0 bridgehead atoms. The van der Waals surface area contributed by atoms with Gasteiger partial charge >= 0.3 is 0 Å². The summed E-state index contributed by atoms with van der Waals surface area (Å²) in [5.41, 5.74) is 5.77. The van der Waals surface area contributed by atoms with Gasteiger partial charge in [-0.05, 0) is 37.8 Å². The highest BCUT2D eigenvalue weighted by atomic mass is 32.2. The van der Waals surface area contributed by atoms with Gasteiger partial charge in [-0.25, -0.2) is 5.43 Å². The molecule has 0 saturated heterocycles. The molecule has 1 rings (SSSR count). The molecule has 0 aliphatic rings. The van der Waals surface area contributed by atoms with Crippen LogP contribution >= 0.6 is 11.8 Å². The van der Waals surface area contributed by atoms with Crippen LogP contribution in [0.15, 0.2) is 29.2 Å². The van der Waals surface area contributed by atoms with E-state index in [2.05, 4.69) is 10.9 Å². The van der Waals surface area contributed by atoms with Crippen molar-refractivity contribution in [3.63, 3.8) is 0 Å². The van der Waals surface area contributed by atoms with Crippen LogP contribution in [0.25, 0.3) is 0 Å². The normalized spacial score (nSPS) is 11.2. The van der Waals surface area contributed by atoms with Gasteiger partial charge in [0.2, 0.25) is 5.91 Å². The Labute approximate surface area is 101 Å². The quantitative estimate of drug-likeness (QED) is 0.622. The zero-order valence-electron chi connectivity index (χ0n) is 10.1. The molecule has 88 valence electrons. The first-order chi connectivity index (χ1) is 7.52. The highest BCUT2D eigenvalue weighted by Crippen LogP contribution is 2.25. The van der Waals surface area contributed by atoms with Crippen LogP contribution in [0.5, 0.6) is 0 Å². The first-order valence-electron chi connectivity index (χ1n) is 5.14. The van der Waals surface area contributed by atoms with E-state index in [4.69, 9.17) is 0 Å². The monoisotopic (exact) mass is 238 g/mol. The molecule has 0 aliphatic heterocycles. The first-order valence-corrected chi connectivity index (χ1v) is 6.36. The molecule has 16 heavy (non-hydrogen) atoms. The van der Waals surface area contributed by atoms with Gasteiger partial charge in [-0.1, -0.05) is 12.1 Å². The second kappa shape index (κ2) is 5.37. The van der Waals surface area contributed by atoms with Gasteiger partial charge in [0.15, 0.2) is 0 Å². The fourth-order valence-electron chi connectivity index (χ4n) is 1.41. The molecule has 0 atom stereocenters. The molecule has 0 aromatic heterocycles. The van der Waals surface area contributed by atoms with E-state index in [0.29, 0.717) is 0 Å². The molecule has 0 radical (unpaired) electrons. The van der Waals surface area contributed by atoms with Crippen LogP contribution in [0, 0.1) is 0 Å². The van der Waals surface area contributed by atoms with Crippen LogP contribution in [-0.4, -0.2) is 19.2 Å². The molecule has 1 aromatic carbocycles. The summed E-state index contributed by atoms with van der Waals surface area (Å²) in [5.74, 6) is -0.0353. The number of hydrogen-bond acceptors (Lipinski definition) is 3. The van der Waals surface area contributed by atoms with Crippen LogP contribution in [-0.2, 0) is 10.2 Å². The topological polar surface area (TPSA) is 41.1 Å². The van der Waals surface area contributed by atoms with Crippen molar-refractivity contribution in [1.82, 2.24) is 10.9 Å². The number of carbonyl (C=O) groups excluding carboxylic acids is 1. The maximum Gasteiger partial charge on any atom is 0.244 e. The van der Waals surface area contributed by atoms with Gasteiger partial charge in [-0.2, -0.15) is 0 Å². The Morgan fingerprint density at radius 1 is 1.25 bits per heavy atom. The number of nitrogens with one attached hydrogen (secondary N) is 2. The molecule has 1 aromatic rings. The largest absolute Gasteiger partial charge is 0.291 e. The third kappa shape index (κ3) is 2.77. The Bertz CT molecular complexity index is 360. The van der Waals surface area contributed by atoms with Crippen molar-refractivity contribution in [2.24, 2.45) is 0 Å². The minimum absolute atomic E-state index is 0.0353. The number of rotatable bonds is 4. The molecule has 0 spiro atoms. The summed E-state index contributed by atoms with van der Waals surface area (Å²) in [5, 5.41) is 0. The zero-order chi connectivity index (χ0) is 12.2. The highest BCUT2D eigenvalue weighted by molar-refractivity contribution is 7.98. The van der Waals surface area contributed by atoms with Gasteiger partial charge in [0.05, 0.1) is 5.41 Å². The van der Waals surface area contributed by atoms with E-state index < -0.39 is 5.41 Å². The number of thioether (sulfide) groups is 1. The van der Waals surface area contributed by atoms with Crippen LogP contribution < -0.4 is 10.9 Å². The number of hydrogen-bond donors (Lipinski definition) is 2. The fraction of sp³-hybridized carbons (Fsp3) is 0.417.